The van der Waals surface area contributed by atoms with Gasteiger partial charge in [-0.3, -0.25) is 19.6 Å². The van der Waals surface area contributed by atoms with Crippen molar-refractivity contribution in [3.05, 3.63) is 59.9 Å². The van der Waals surface area contributed by atoms with Crippen LogP contribution in [0.1, 0.15) is 62.5 Å². The highest BCUT2D eigenvalue weighted by atomic mass is 16.2. The van der Waals surface area contributed by atoms with Crippen LogP contribution in [0, 0.1) is 6.92 Å². The van der Waals surface area contributed by atoms with Gasteiger partial charge in [0.2, 0.25) is 11.8 Å². The highest BCUT2D eigenvalue weighted by Gasteiger charge is 2.31. The number of rotatable bonds is 5. The summed E-state index contributed by atoms with van der Waals surface area (Å²) >= 11 is 0. The van der Waals surface area contributed by atoms with Crippen molar-refractivity contribution in [3.8, 4) is 11.3 Å². The normalized spacial score (nSPS) is 19.9. The zero-order chi connectivity index (χ0) is 26.1. The van der Waals surface area contributed by atoms with E-state index in [4.69, 9.17) is 9.97 Å². The van der Waals surface area contributed by atoms with Crippen LogP contribution >= 0.6 is 0 Å². The maximum Gasteiger partial charge on any atom is 0.219 e. The second-order valence-electron chi connectivity index (χ2n) is 10.2. The largest absolute Gasteiger partial charge is 0.342 e. The van der Waals surface area contributed by atoms with Crippen molar-refractivity contribution in [2.24, 2.45) is 0 Å². The molecule has 5 heterocycles. The van der Waals surface area contributed by atoms with E-state index in [1.165, 1.54) is 0 Å². The molecule has 0 saturated carbocycles. The van der Waals surface area contributed by atoms with Gasteiger partial charge in [0.15, 0.2) is 0 Å². The van der Waals surface area contributed by atoms with Gasteiger partial charge in [-0.05, 0) is 50.5 Å². The first kappa shape index (κ1) is 24.8. The predicted molar refractivity (Wildman–Crippen MR) is 141 cm³/mol. The fourth-order valence-corrected chi connectivity index (χ4v) is 5.16. The SMILES string of the molecule is CC(=O)N1CC(c2cncc(-c3cc(Nc4ccnc(C)c4)nc([C@@H]4CC[C@H](C)N(C(C)=O)C4)n3)c2)C1. The van der Waals surface area contributed by atoms with Gasteiger partial charge < -0.3 is 15.1 Å². The Balaban J connectivity index is 1.49. The number of likely N-dealkylation sites (tertiary alicyclic amines) is 2. The summed E-state index contributed by atoms with van der Waals surface area (Å²) in [6.45, 7) is 9.31. The number of pyridine rings is 2. The van der Waals surface area contributed by atoms with Crippen molar-refractivity contribution in [2.45, 2.75) is 58.4 Å². The molecule has 37 heavy (non-hydrogen) atoms. The molecular weight excluding hydrogens is 466 g/mol. The first-order valence-corrected chi connectivity index (χ1v) is 12.8. The summed E-state index contributed by atoms with van der Waals surface area (Å²) in [5.74, 6) is 1.92. The van der Waals surface area contributed by atoms with E-state index in [-0.39, 0.29) is 29.7 Å². The van der Waals surface area contributed by atoms with Gasteiger partial charge in [0.25, 0.3) is 0 Å². The minimum absolute atomic E-state index is 0.0478. The number of amides is 2. The third-order valence-corrected chi connectivity index (χ3v) is 7.42. The Bertz CT molecular complexity index is 1320. The van der Waals surface area contributed by atoms with Crippen LogP contribution in [-0.2, 0) is 9.59 Å². The van der Waals surface area contributed by atoms with E-state index < -0.39 is 0 Å². The second kappa shape index (κ2) is 10.2. The molecule has 0 unspecified atom stereocenters. The summed E-state index contributed by atoms with van der Waals surface area (Å²) in [5.41, 5.74) is 4.60. The van der Waals surface area contributed by atoms with Crippen LogP contribution < -0.4 is 5.32 Å². The zero-order valence-electron chi connectivity index (χ0n) is 21.8. The lowest BCUT2D eigenvalue weighted by Gasteiger charge is -2.38. The fraction of sp³-hybridized carbons (Fsp3) is 0.429. The molecule has 2 amide bonds. The smallest absolute Gasteiger partial charge is 0.219 e. The summed E-state index contributed by atoms with van der Waals surface area (Å²) in [5, 5.41) is 3.42. The van der Waals surface area contributed by atoms with Crippen molar-refractivity contribution >= 4 is 23.3 Å². The molecule has 9 heteroatoms. The van der Waals surface area contributed by atoms with Gasteiger partial charge in [-0.2, -0.15) is 0 Å². The van der Waals surface area contributed by atoms with Crippen LogP contribution in [0.4, 0.5) is 11.5 Å². The van der Waals surface area contributed by atoms with E-state index >= 15 is 0 Å². The maximum atomic E-state index is 12.2. The Hall–Kier alpha value is -3.88. The van der Waals surface area contributed by atoms with Gasteiger partial charge in [0, 0.05) is 93.0 Å². The maximum absolute atomic E-state index is 12.2. The Kier molecular flexibility index (Phi) is 6.86. The molecular formula is C28H33N7O2. The summed E-state index contributed by atoms with van der Waals surface area (Å²) in [6, 6.07) is 8.16. The average molecular weight is 500 g/mol. The monoisotopic (exact) mass is 499 g/mol. The summed E-state index contributed by atoms with van der Waals surface area (Å²) in [7, 11) is 0. The summed E-state index contributed by atoms with van der Waals surface area (Å²) in [4.78, 5) is 46.3. The highest BCUT2D eigenvalue weighted by molar-refractivity contribution is 5.75. The van der Waals surface area contributed by atoms with Crippen LogP contribution in [0.25, 0.3) is 11.3 Å². The van der Waals surface area contributed by atoms with E-state index in [1.807, 2.05) is 47.3 Å². The molecule has 0 aromatic carbocycles. The quantitative estimate of drug-likeness (QED) is 0.565. The molecule has 0 aliphatic carbocycles. The van der Waals surface area contributed by atoms with Crippen molar-refractivity contribution in [3.63, 3.8) is 0 Å². The lowest BCUT2D eigenvalue weighted by Crippen LogP contribution is -2.47. The van der Waals surface area contributed by atoms with Crippen molar-refractivity contribution < 1.29 is 9.59 Å². The number of anilines is 2. The average Bonchev–Trinajstić information content (AvgIpc) is 2.83. The van der Waals surface area contributed by atoms with Gasteiger partial charge in [-0.1, -0.05) is 0 Å². The molecule has 2 atom stereocenters. The first-order chi connectivity index (χ1) is 17.8. The van der Waals surface area contributed by atoms with E-state index in [1.54, 1.807) is 20.0 Å². The Labute approximate surface area is 217 Å². The molecule has 2 saturated heterocycles. The molecule has 1 N–H and O–H groups in total. The number of carbonyl (C=O) groups excluding carboxylic acids is 2. The number of nitrogens with zero attached hydrogens (tertiary/aromatic N) is 6. The van der Waals surface area contributed by atoms with Crippen LogP contribution in [0.5, 0.6) is 0 Å². The van der Waals surface area contributed by atoms with Crippen molar-refractivity contribution in [2.75, 3.05) is 25.0 Å². The Morgan fingerprint density at radius 2 is 1.78 bits per heavy atom. The van der Waals surface area contributed by atoms with Crippen LogP contribution in [0.15, 0.2) is 42.9 Å². The van der Waals surface area contributed by atoms with Crippen molar-refractivity contribution in [1.29, 1.82) is 0 Å². The number of piperidine rings is 1. The molecule has 3 aromatic rings. The standard InChI is InChI=1S/C28H33N7O2/c1-17-9-25(7-8-30-17)31-27-11-26(23-10-22(12-29-13-23)24-14-34(15-24)19(3)36)32-28(33-27)21-6-5-18(2)35(16-21)20(4)37/h7-13,18,21,24H,5-6,14-16H2,1-4H3,(H,30,31,32,33)/t18-,21+/m0/s1. The molecule has 0 bridgehead atoms. The number of aromatic nitrogens is 4. The van der Waals surface area contributed by atoms with Crippen molar-refractivity contribution in [1.82, 2.24) is 29.7 Å². The lowest BCUT2D eigenvalue weighted by atomic mass is 9.91. The third kappa shape index (κ3) is 5.45. The lowest BCUT2D eigenvalue weighted by molar-refractivity contribution is -0.133. The zero-order valence-corrected chi connectivity index (χ0v) is 21.8. The van der Waals surface area contributed by atoms with E-state index in [9.17, 15) is 9.59 Å². The van der Waals surface area contributed by atoms with Gasteiger partial charge in [0.1, 0.15) is 11.6 Å². The van der Waals surface area contributed by atoms with Crippen LogP contribution in [0.3, 0.4) is 0 Å². The first-order valence-electron chi connectivity index (χ1n) is 12.8. The number of hydrogen-bond acceptors (Lipinski definition) is 7. The molecule has 3 aromatic heterocycles. The number of carbonyl (C=O) groups is 2. The number of aryl methyl sites for hydroxylation is 1. The van der Waals surface area contributed by atoms with E-state index in [0.29, 0.717) is 25.5 Å². The van der Waals surface area contributed by atoms with E-state index in [0.717, 1.165) is 46.9 Å². The molecule has 5 rings (SSSR count). The highest BCUT2D eigenvalue weighted by Crippen LogP contribution is 2.33. The molecule has 0 spiro atoms. The summed E-state index contributed by atoms with van der Waals surface area (Å²) in [6.07, 6.45) is 7.30. The minimum Gasteiger partial charge on any atom is -0.342 e. The molecule has 2 aliphatic heterocycles. The molecule has 9 nitrogen and oxygen atoms in total. The second-order valence-corrected chi connectivity index (χ2v) is 10.2. The molecule has 0 radical (unpaired) electrons. The van der Waals surface area contributed by atoms with Gasteiger partial charge in [0.05, 0.1) is 5.69 Å². The number of nitrogens with one attached hydrogen (secondary N) is 1. The van der Waals surface area contributed by atoms with Crippen LogP contribution in [0.2, 0.25) is 0 Å². The Morgan fingerprint density at radius 1 is 0.973 bits per heavy atom. The molecule has 192 valence electrons. The molecule has 2 aliphatic rings. The van der Waals surface area contributed by atoms with E-state index in [2.05, 4.69) is 28.3 Å². The van der Waals surface area contributed by atoms with Crippen LogP contribution in [-0.4, -0.2) is 67.2 Å². The minimum atomic E-state index is 0.0478. The van der Waals surface area contributed by atoms with Gasteiger partial charge in [-0.25, -0.2) is 9.97 Å². The fourth-order valence-electron chi connectivity index (χ4n) is 5.16. The Morgan fingerprint density at radius 3 is 2.51 bits per heavy atom. The predicted octanol–water partition coefficient (Wildman–Crippen LogP) is 4.05. The third-order valence-electron chi connectivity index (χ3n) is 7.42. The van der Waals surface area contributed by atoms with Gasteiger partial charge in [-0.15, -0.1) is 0 Å². The molecule has 2 fully saturated rings. The topological polar surface area (TPSA) is 104 Å². The summed E-state index contributed by atoms with van der Waals surface area (Å²) < 4.78 is 0. The van der Waals surface area contributed by atoms with Gasteiger partial charge >= 0.3 is 0 Å². The number of hydrogen-bond donors (Lipinski definition) is 1.